The van der Waals surface area contributed by atoms with Crippen LogP contribution in [0.1, 0.15) is 80.7 Å². The zero-order chi connectivity index (χ0) is 51.8. The van der Waals surface area contributed by atoms with Crippen molar-refractivity contribution >= 4 is 5.97 Å². The summed E-state index contributed by atoms with van der Waals surface area (Å²) in [6.07, 6.45) is 7.78. The van der Waals surface area contributed by atoms with Crippen LogP contribution in [-0.2, 0) is 35.2 Å². The third kappa shape index (κ3) is 11.4. The van der Waals surface area contributed by atoms with Crippen LogP contribution in [0.15, 0.2) is 121 Å². The molecule has 11 nitrogen and oxygen atoms in total. The van der Waals surface area contributed by atoms with Crippen LogP contribution < -0.4 is 23.7 Å². The topological polar surface area (TPSA) is 130 Å². The number of imidazole rings is 2. The van der Waals surface area contributed by atoms with Gasteiger partial charge >= 0.3 is 5.97 Å². The highest BCUT2D eigenvalue weighted by atomic mass is 16.5. The molecule has 4 aliphatic carbocycles. The molecule has 4 bridgehead atoms. The van der Waals surface area contributed by atoms with Gasteiger partial charge in [0, 0.05) is 33.4 Å². The highest BCUT2D eigenvalue weighted by Crippen LogP contribution is 2.41. The summed E-state index contributed by atoms with van der Waals surface area (Å²) in [5, 5.41) is 0. The number of hydrogen-bond acceptors (Lipinski definition) is 9. The van der Waals surface area contributed by atoms with E-state index in [0.29, 0.717) is 24.7 Å². The molecule has 0 unspecified atom stereocenters. The summed E-state index contributed by atoms with van der Waals surface area (Å²) < 4.78 is 34.3. The predicted molar refractivity (Wildman–Crippen MR) is 295 cm³/mol. The molecule has 6 aromatic carbocycles. The Kier molecular flexibility index (Phi) is 15.9. The number of methoxy groups -OCH3 is 4. The van der Waals surface area contributed by atoms with Gasteiger partial charge in [0.1, 0.15) is 28.9 Å². The maximum atomic E-state index is 12.3. The molecule has 4 aliphatic rings. The van der Waals surface area contributed by atoms with Crippen LogP contribution in [0.2, 0.25) is 0 Å². The lowest BCUT2D eigenvalue weighted by molar-refractivity contribution is -0.154. The van der Waals surface area contributed by atoms with E-state index >= 15 is 0 Å². The third-order valence-electron chi connectivity index (χ3n) is 14.5. The van der Waals surface area contributed by atoms with Gasteiger partial charge in [-0.25, -0.2) is 9.97 Å². The first-order chi connectivity index (χ1) is 36.0. The first kappa shape index (κ1) is 51.1. The number of aryl methyl sites for hydroxylation is 5. The highest BCUT2D eigenvalue weighted by Gasteiger charge is 2.27. The van der Waals surface area contributed by atoms with E-state index in [1.54, 1.807) is 28.4 Å². The summed E-state index contributed by atoms with van der Waals surface area (Å²) in [5.41, 5.74) is 15.1. The van der Waals surface area contributed by atoms with Crippen molar-refractivity contribution in [2.45, 2.75) is 85.5 Å². The second kappa shape index (κ2) is 23.0. The Balaban J connectivity index is 0.988. The summed E-state index contributed by atoms with van der Waals surface area (Å²) >= 11 is 0. The van der Waals surface area contributed by atoms with Gasteiger partial charge in [-0.1, -0.05) is 31.2 Å². The molecule has 2 N–H and O–H groups in total. The molecule has 74 heavy (non-hydrogen) atoms. The maximum Gasteiger partial charge on any atom is 0.311 e. The predicted octanol–water partition coefficient (Wildman–Crippen LogP) is 14.3. The summed E-state index contributed by atoms with van der Waals surface area (Å²) in [6, 6.07) is 42.3. The largest absolute Gasteiger partial charge is 0.497 e. The van der Waals surface area contributed by atoms with E-state index in [9.17, 15) is 4.79 Å². The molecule has 2 heterocycles. The number of unbranched alkanes of at least 4 members (excludes halogenated alkanes) is 3. The molecule has 2 aromatic heterocycles. The van der Waals surface area contributed by atoms with Crippen molar-refractivity contribution in [1.82, 2.24) is 19.9 Å². The SMILES string of the molecule is CCC(C)(C)C(=O)OCCCCCCOc1ccc(-c2[nH]c(-c3cc4ccc3CCc3ccc(cc3-c3nc(-c5ccc(OC)c(C)c5)c(-c5ccc(OC)c(OC)c5)[nH]3)CC4)nc2-c2ccc(OC)cc2)cc1. The molecule has 0 atom stereocenters. The van der Waals surface area contributed by atoms with Crippen molar-refractivity contribution in [1.29, 1.82) is 0 Å². The van der Waals surface area contributed by atoms with E-state index in [0.717, 1.165) is 148 Å². The number of carbonyl (C=O) groups excluding carboxylic acids is 1. The number of nitrogens with one attached hydrogen (secondary N) is 2. The molecule has 382 valence electrons. The fraction of sp³-hybridized carbons (Fsp3) is 0.317. The number of H-pyrrole nitrogens is 2. The van der Waals surface area contributed by atoms with Crippen LogP contribution in [0.4, 0.5) is 0 Å². The average molecular weight is 993 g/mol. The number of aromatic nitrogens is 4. The number of ether oxygens (including phenoxy) is 6. The van der Waals surface area contributed by atoms with Crippen molar-refractivity contribution in [2.75, 3.05) is 41.7 Å². The van der Waals surface area contributed by atoms with Crippen molar-refractivity contribution in [3.8, 4) is 96.6 Å². The number of benzene rings is 6. The molecule has 12 rings (SSSR count). The second-order valence-corrected chi connectivity index (χ2v) is 19.7. The van der Waals surface area contributed by atoms with Crippen molar-refractivity contribution < 1.29 is 33.2 Å². The zero-order valence-electron chi connectivity index (χ0n) is 44.1. The van der Waals surface area contributed by atoms with E-state index in [4.69, 9.17) is 38.4 Å². The van der Waals surface area contributed by atoms with Crippen LogP contribution in [0.5, 0.6) is 28.7 Å². The van der Waals surface area contributed by atoms with E-state index in [2.05, 4.69) is 89.7 Å². The molecular formula is C63H68N4O7. The number of nitrogens with zero attached hydrogens (tertiary/aromatic N) is 2. The maximum absolute atomic E-state index is 12.3. The monoisotopic (exact) mass is 993 g/mol. The summed E-state index contributed by atoms with van der Waals surface area (Å²) in [5.74, 6) is 5.24. The van der Waals surface area contributed by atoms with E-state index < -0.39 is 5.41 Å². The number of rotatable bonds is 20. The van der Waals surface area contributed by atoms with E-state index in [-0.39, 0.29) is 5.97 Å². The van der Waals surface area contributed by atoms with Crippen LogP contribution in [-0.4, -0.2) is 67.6 Å². The Labute approximate surface area is 435 Å². The van der Waals surface area contributed by atoms with Gasteiger partial charge in [-0.2, -0.15) is 0 Å². The van der Waals surface area contributed by atoms with Gasteiger partial charge in [0.2, 0.25) is 0 Å². The standard InChI is InChI=1S/C63H68N4O7/c1-9-63(3,4)62(68)74-35-13-11-10-12-34-73-50-30-24-46(25-31-50)57-56(45-22-28-49(69-5)29-23-45)64-60(65-57)51-37-41-14-15-42-17-19-44(21-20-43(51)18-16-41)52(38-42)61-66-58(47-26-32-53(70-6)40(2)36-47)59(67-61)48-27-33-54(71-7)55(39-48)72-8/h16-19,22-33,36-39H,9-15,20-21,34-35H2,1-8H3,(H,64,65)(H,66,67). The molecule has 0 radical (unpaired) electrons. The first-order valence-electron chi connectivity index (χ1n) is 25.9. The fourth-order valence-electron chi connectivity index (χ4n) is 9.57. The Bertz CT molecular complexity index is 3220. The van der Waals surface area contributed by atoms with Gasteiger partial charge in [-0.15, -0.1) is 0 Å². The Morgan fingerprint density at radius 3 is 1.64 bits per heavy atom. The minimum absolute atomic E-state index is 0.120. The molecule has 8 aromatic rings. The normalized spacial score (nSPS) is 12.3. The summed E-state index contributed by atoms with van der Waals surface area (Å²) in [4.78, 5) is 30.7. The minimum atomic E-state index is -0.433. The molecule has 0 saturated carbocycles. The number of esters is 1. The minimum Gasteiger partial charge on any atom is -0.497 e. The second-order valence-electron chi connectivity index (χ2n) is 19.7. The molecule has 0 saturated heterocycles. The lowest BCUT2D eigenvalue weighted by Gasteiger charge is -2.20. The van der Waals surface area contributed by atoms with Gasteiger partial charge < -0.3 is 38.4 Å². The smallest absolute Gasteiger partial charge is 0.311 e. The number of aromatic amines is 2. The van der Waals surface area contributed by atoms with Gasteiger partial charge in [0.25, 0.3) is 0 Å². The summed E-state index contributed by atoms with van der Waals surface area (Å²) in [6.45, 7) is 9.01. The third-order valence-corrected chi connectivity index (χ3v) is 14.5. The van der Waals surface area contributed by atoms with Crippen LogP contribution in [0, 0.1) is 12.3 Å². The molecule has 11 heteroatoms. The van der Waals surface area contributed by atoms with E-state index in [1.165, 1.54) is 22.3 Å². The first-order valence-corrected chi connectivity index (χ1v) is 25.9. The Morgan fingerprint density at radius 2 is 1.05 bits per heavy atom. The van der Waals surface area contributed by atoms with Gasteiger partial charge in [-0.3, -0.25) is 4.79 Å². The van der Waals surface area contributed by atoms with Crippen LogP contribution >= 0.6 is 0 Å². The van der Waals surface area contributed by atoms with Gasteiger partial charge in [-0.05, 0) is 203 Å². The highest BCUT2D eigenvalue weighted by molar-refractivity contribution is 5.84. The molecule has 0 aliphatic heterocycles. The quantitative estimate of drug-likeness (QED) is 0.0566. The Morgan fingerprint density at radius 1 is 0.527 bits per heavy atom. The van der Waals surface area contributed by atoms with Gasteiger partial charge in [0.15, 0.2) is 11.5 Å². The zero-order valence-corrected chi connectivity index (χ0v) is 44.1. The van der Waals surface area contributed by atoms with Crippen LogP contribution in [0.25, 0.3) is 67.8 Å². The van der Waals surface area contributed by atoms with Gasteiger partial charge in [0.05, 0.1) is 69.8 Å². The summed E-state index contributed by atoms with van der Waals surface area (Å²) in [7, 11) is 6.68. The molecule has 0 spiro atoms. The Hall–Kier alpha value is -7.79. The van der Waals surface area contributed by atoms with Crippen molar-refractivity contribution in [3.63, 3.8) is 0 Å². The molecular weight excluding hydrogens is 925 g/mol. The average Bonchev–Trinajstić information content (AvgIpc) is 4.09. The lowest BCUT2D eigenvalue weighted by atomic mass is 9.90. The fourth-order valence-corrected chi connectivity index (χ4v) is 9.57. The van der Waals surface area contributed by atoms with Crippen molar-refractivity contribution in [2.24, 2.45) is 5.41 Å². The van der Waals surface area contributed by atoms with Crippen LogP contribution in [0.3, 0.4) is 0 Å². The molecule has 0 fully saturated rings. The lowest BCUT2D eigenvalue weighted by Crippen LogP contribution is -2.26. The number of carbonyl (C=O) groups is 1. The van der Waals surface area contributed by atoms with E-state index in [1.807, 2.05) is 69.3 Å². The number of hydrogen-bond donors (Lipinski definition) is 2. The molecule has 0 amide bonds. The van der Waals surface area contributed by atoms with Crippen molar-refractivity contribution in [3.05, 3.63) is 149 Å².